The van der Waals surface area contributed by atoms with Gasteiger partial charge in [-0.3, -0.25) is 9.59 Å². The van der Waals surface area contributed by atoms with Crippen molar-refractivity contribution in [2.24, 2.45) is 11.8 Å². The first-order valence-electron chi connectivity index (χ1n) is 10.4. The molecular formula is C22H20F3N3O3S2. The van der Waals surface area contributed by atoms with Crippen LogP contribution in [0.15, 0.2) is 35.8 Å². The van der Waals surface area contributed by atoms with Crippen LogP contribution in [0.5, 0.6) is 0 Å². The Labute approximate surface area is 195 Å². The zero-order valence-corrected chi connectivity index (χ0v) is 18.9. The van der Waals surface area contributed by atoms with Crippen molar-refractivity contribution in [1.82, 2.24) is 15.2 Å². The van der Waals surface area contributed by atoms with Gasteiger partial charge in [-0.25, -0.2) is 4.98 Å². The van der Waals surface area contributed by atoms with Gasteiger partial charge < -0.3 is 15.3 Å². The highest BCUT2D eigenvalue weighted by molar-refractivity contribution is 7.20. The summed E-state index contributed by atoms with van der Waals surface area (Å²) < 4.78 is 39.3. The van der Waals surface area contributed by atoms with E-state index in [0.29, 0.717) is 52.6 Å². The van der Waals surface area contributed by atoms with Crippen LogP contribution in [0.2, 0.25) is 0 Å². The summed E-state index contributed by atoms with van der Waals surface area (Å²) in [6.45, 7) is 1.50. The maximum atomic E-state index is 13.0. The molecule has 2 N–H and O–H groups in total. The number of fused-ring (bicyclic) bond motifs is 1. The third kappa shape index (κ3) is 3.96. The number of nitrogens with one attached hydrogen (secondary N) is 1. The van der Waals surface area contributed by atoms with Gasteiger partial charge in [0, 0.05) is 41.8 Å². The highest BCUT2D eigenvalue weighted by Crippen LogP contribution is 2.41. The van der Waals surface area contributed by atoms with Crippen molar-refractivity contribution in [3.05, 3.63) is 51.3 Å². The van der Waals surface area contributed by atoms with Crippen LogP contribution in [0.25, 0.3) is 10.1 Å². The van der Waals surface area contributed by atoms with Crippen molar-refractivity contribution in [3.8, 4) is 0 Å². The number of benzene rings is 1. The Morgan fingerprint density at radius 1 is 1.24 bits per heavy atom. The zero-order valence-electron chi connectivity index (χ0n) is 17.3. The summed E-state index contributed by atoms with van der Waals surface area (Å²) in [6, 6.07) is 5.04. The molecule has 2 aliphatic rings. The molecule has 0 radical (unpaired) electrons. The number of hydrogen-bond donors (Lipinski definition) is 2. The van der Waals surface area contributed by atoms with Crippen LogP contribution in [0.3, 0.4) is 0 Å². The number of aliphatic hydroxyl groups is 1. The third-order valence-electron chi connectivity index (χ3n) is 6.55. The Kier molecular flexibility index (Phi) is 5.55. The van der Waals surface area contributed by atoms with Gasteiger partial charge in [-0.15, -0.1) is 22.7 Å². The summed E-state index contributed by atoms with van der Waals surface area (Å²) in [4.78, 5) is 31.9. The van der Waals surface area contributed by atoms with Crippen molar-refractivity contribution in [3.63, 3.8) is 0 Å². The van der Waals surface area contributed by atoms with E-state index in [1.807, 2.05) is 0 Å². The van der Waals surface area contributed by atoms with Gasteiger partial charge in [-0.1, -0.05) is 6.07 Å². The van der Waals surface area contributed by atoms with Gasteiger partial charge >= 0.3 is 6.18 Å². The number of alkyl halides is 3. The molecule has 1 amide bonds. The smallest absolute Gasteiger partial charge is 0.389 e. The lowest BCUT2D eigenvalue weighted by Crippen LogP contribution is -2.66. The van der Waals surface area contributed by atoms with E-state index in [4.69, 9.17) is 0 Å². The number of piperidine rings is 1. The molecule has 2 unspecified atom stereocenters. The zero-order chi connectivity index (χ0) is 23.4. The fourth-order valence-electron chi connectivity index (χ4n) is 4.62. The minimum atomic E-state index is -4.44. The maximum Gasteiger partial charge on any atom is 0.416 e. The second-order valence-corrected chi connectivity index (χ2v) is 10.4. The second-order valence-electron chi connectivity index (χ2n) is 8.47. The molecule has 4 heterocycles. The molecule has 2 saturated heterocycles. The first kappa shape index (κ1) is 22.5. The van der Waals surface area contributed by atoms with Crippen LogP contribution < -0.4 is 5.32 Å². The van der Waals surface area contributed by atoms with E-state index in [2.05, 4.69) is 10.3 Å². The summed E-state index contributed by atoms with van der Waals surface area (Å²) in [5.41, 5.74) is -1.99. The standard InChI is InChI=1S/C22H20F3N3O3S2/c23-22(24,25)13-2-1-12-7-17(33-16(12)8-13)20(30)28-10-14(11-28)21(31)3-4-26-9-15(21)18(29)19-27-5-6-32-19/h1-2,5-8,14-15,26,31H,3-4,9-11H2. The molecule has 3 aromatic rings. The fraction of sp³-hybridized carbons (Fsp3) is 0.409. The largest absolute Gasteiger partial charge is 0.416 e. The molecule has 0 aliphatic carbocycles. The van der Waals surface area contributed by atoms with Gasteiger partial charge in [0.2, 0.25) is 0 Å². The molecule has 1 aromatic carbocycles. The first-order chi connectivity index (χ1) is 15.7. The number of thiazole rings is 1. The monoisotopic (exact) mass is 495 g/mol. The van der Waals surface area contributed by atoms with Crippen molar-refractivity contribution in [2.75, 3.05) is 26.2 Å². The van der Waals surface area contributed by atoms with Crippen LogP contribution >= 0.6 is 22.7 Å². The maximum absolute atomic E-state index is 13.0. The predicted molar refractivity (Wildman–Crippen MR) is 119 cm³/mol. The van der Waals surface area contributed by atoms with Crippen LogP contribution in [0, 0.1) is 11.8 Å². The molecule has 6 nitrogen and oxygen atoms in total. The number of carbonyl (C=O) groups excluding carboxylic acids is 2. The van der Waals surface area contributed by atoms with Crippen molar-refractivity contribution in [2.45, 2.75) is 18.2 Å². The van der Waals surface area contributed by atoms with Gasteiger partial charge in [0.05, 0.1) is 22.0 Å². The molecule has 2 aromatic heterocycles. The number of ketones is 1. The number of rotatable bonds is 4. The number of nitrogens with zero attached hydrogens (tertiary/aromatic N) is 2. The number of likely N-dealkylation sites (tertiary alicyclic amines) is 1. The van der Waals surface area contributed by atoms with Gasteiger partial charge in [0.15, 0.2) is 10.8 Å². The lowest BCUT2D eigenvalue weighted by atomic mass is 9.68. The molecule has 5 rings (SSSR count). The predicted octanol–water partition coefficient (Wildman–Crippen LogP) is 3.67. The molecule has 33 heavy (non-hydrogen) atoms. The average Bonchev–Trinajstić information content (AvgIpc) is 3.41. The number of Topliss-reactive ketones (excluding diaryl/α,β-unsaturated/α-hetero) is 1. The van der Waals surface area contributed by atoms with Crippen molar-refractivity contribution < 1.29 is 27.9 Å². The van der Waals surface area contributed by atoms with Crippen molar-refractivity contribution in [1.29, 1.82) is 0 Å². The lowest BCUT2D eigenvalue weighted by molar-refractivity contribution is -0.137. The van der Waals surface area contributed by atoms with Gasteiger partial charge in [-0.2, -0.15) is 13.2 Å². The molecule has 174 valence electrons. The second kappa shape index (κ2) is 8.15. The minimum absolute atomic E-state index is 0.200. The third-order valence-corrected chi connectivity index (χ3v) is 8.42. The quantitative estimate of drug-likeness (QED) is 0.540. The van der Waals surface area contributed by atoms with E-state index < -0.39 is 23.3 Å². The summed E-state index contributed by atoms with van der Waals surface area (Å²) >= 11 is 2.26. The number of aromatic nitrogens is 1. The number of hydrogen-bond acceptors (Lipinski definition) is 7. The Hall–Kier alpha value is -2.34. The number of amides is 1. The topological polar surface area (TPSA) is 82.5 Å². The Morgan fingerprint density at radius 2 is 2.03 bits per heavy atom. The van der Waals surface area contributed by atoms with Crippen LogP contribution in [0.1, 0.15) is 31.5 Å². The molecule has 0 saturated carbocycles. The lowest BCUT2D eigenvalue weighted by Gasteiger charge is -2.52. The first-order valence-corrected chi connectivity index (χ1v) is 12.1. The van der Waals surface area contributed by atoms with E-state index >= 15 is 0 Å². The normalized spacial score (nSPS) is 24.1. The van der Waals surface area contributed by atoms with Crippen LogP contribution in [-0.4, -0.2) is 58.5 Å². The van der Waals surface area contributed by atoms with Gasteiger partial charge in [0.1, 0.15) is 0 Å². The highest BCUT2D eigenvalue weighted by atomic mass is 32.1. The summed E-state index contributed by atoms with van der Waals surface area (Å²) in [5, 5.41) is 17.3. The number of carbonyl (C=O) groups is 2. The Bertz CT molecular complexity index is 1200. The Balaban J connectivity index is 1.31. The number of halogens is 3. The van der Waals surface area contributed by atoms with E-state index in [-0.39, 0.29) is 17.6 Å². The fourth-order valence-corrected chi connectivity index (χ4v) is 6.32. The Morgan fingerprint density at radius 3 is 2.73 bits per heavy atom. The summed E-state index contributed by atoms with van der Waals surface area (Å²) in [5.74, 6) is -1.38. The van der Waals surface area contributed by atoms with Crippen LogP contribution in [0.4, 0.5) is 13.2 Å². The molecule has 0 spiro atoms. The average molecular weight is 496 g/mol. The van der Waals surface area contributed by atoms with Crippen LogP contribution in [-0.2, 0) is 6.18 Å². The van der Waals surface area contributed by atoms with E-state index in [0.717, 1.165) is 23.5 Å². The van der Waals surface area contributed by atoms with E-state index in [1.54, 1.807) is 22.5 Å². The summed E-state index contributed by atoms with van der Waals surface area (Å²) in [7, 11) is 0. The highest BCUT2D eigenvalue weighted by Gasteiger charge is 2.53. The van der Waals surface area contributed by atoms with E-state index in [9.17, 15) is 27.9 Å². The van der Waals surface area contributed by atoms with Gasteiger partial charge in [-0.05, 0) is 36.6 Å². The van der Waals surface area contributed by atoms with Gasteiger partial charge in [0.25, 0.3) is 5.91 Å². The summed E-state index contributed by atoms with van der Waals surface area (Å²) in [6.07, 6.45) is -2.49. The number of thiophene rings is 1. The molecule has 2 fully saturated rings. The SMILES string of the molecule is O=C(c1nccs1)C1CNCCC1(O)C1CN(C(=O)c2cc3ccc(C(F)(F)F)cc3s2)C1. The minimum Gasteiger partial charge on any atom is -0.389 e. The molecule has 0 bridgehead atoms. The van der Waals surface area contributed by atoms with Crippen molar-refractivity contribution >= 4 is 44.5 Å². The molecular weight excluding hydrogens is 475 g/mol. The van der Waals surface area contributed by atoms with E-state index in [1.165, 1.54) is 17.4 Å². The molecule has 2 atom stereocenters. The molecule has 2 aliphatic heterocycles. The molecule has 11 heteroatoms.